The van der Waals surface area contributed by atoms with Crippen molar-refractivity contribution in [3.63, 3.8) is 0 Å². The number of halogens is 2. The zero-order chi connectivity index (χ0) is 13.8. The topological polar surface area (TPSA) is 80.9 Å². The van der Waals surface area contributed by atoms with Crippen LogP contribution in [0, 0.1) is 5.82 Å². The smallest absolute Gasteiger partial charge is 0.325 e. The minimum absolute atomic E-state index is 0.0484. The quantitative estimate of drug-likeness (QED) is 0.849. The first-order chi connectivity index (χ1) is 9.08. The summed E-state index contributed by atoms with van der Waals surface area (Å²) in [6.45, 7) is -0.327. The van der Waals surface area contributed by atoms with Crippen molar-refractivity contribution < 1.29 is 14.3 Å². The maximum Gasteiger partial charge on any atom is 0.325 e. The number of hydrogen-bond acceptors (Lipinski definition) is 5. The van der Waals surface area contributed by atoms with Crippen LogP contribution in [0.3, 0.4) is 0 Å². The lowest BCUT2D eigenvalue weighted by atomic mass is 10.2. The van der Waals surface area contributed by atoms with Gasteiger partial charge in [-0.2, -0.15) is 0 Å². The lowest BCUT2D eigenvalue weighted by molar-refractivity contribution is -0.138. The maximum absolute atomic E-state index is 13.2. The Morgan fingerprint density at radius 3 is 3.05 bits per heavy atom. The molecule has 1 heterocycles. The van der Waals surface area contributed by atoms with Crippen molar-refractivity contribution in [3.8, 4) is 0 Å². The van der Waals surface area contributed by atoms with Gasteiger partial charge in [0, 0.05) is 5.75 Å². The van der Waals surface area contributed by atoms with Crippen LogP contribution < -0.4 is 0 Å². The second-order valence-corrected chi connectivity index (χ2v) is 4.83. The van der Waals surface area contributed by atoms with E-state index >= 15 is 0 Å². The van der Waals surface area contributed by atoms with Gasteiger partial charge >= 0.3 is 5.97 Å². The normalized spacial score (nSPS) is 10.6. The van der Waals surface area contributed by atoms with E-state index in [1.807, 2.05) is 0 Å². The highest BCUT2D eigenvalue weighted by Crippen LogP contribution is 2.26. The molecule has 9 heteroatoms. The van der Waals surface area contributed by atoms with Gasteiger partial charge < -0.3 is 5.11 Å². The molecule has 2 rings (SSSR count). The fourth-order valence-corrected chi connectivity index (χ4v) is 2.47. The predicted molar refractivity (Wildman–Crippen MR) is 66.4 cm³/mol. The van der Waals surface area contributed by atoms with Crippen LogP contribution in [-0.2, 0) is 17.1 Å². The summed E-state index contributed by atoms with van der Waals surface area (Å²) in [5.41, 5.74) is 0.594. The first kappa shape index (κ1) is 13.8. The number of aliphatic carboxylic acids is 1. The van der Waals surface area contributed by atoms with Crippen molar-refractivity contribution in [2.45, 2.75) is 17.5 Å². The maximum atomic E-state index is 13.2. The Morgan fingerprint density at radius 1 is 1.53 bits per heavy atom. The highest BCUT2D eigenvalue weighted by molar-refractivity contribution is 7.98. The van der Waals surface area contributed by atoms with Crippen molar-refractivity contribution >= 4 is 29.3 Å². The highest BCUT2D eigenvalue weighted by atomic mass is 35.5. The molecule has 0 unspecified atom stereocenters. The Hall–Kier alpha value is -1.67. The van der Waals surface area contributed by atoms with Crippen LogP contribution >= 0.6 is 23.4 Å². The summed E-state index contributed by atoms with van der Waals surface area (Å²) >= 11 is 7.00. The predicted octanol–water partition coefficient (Wildman–Crippen LogP) is 1.84. The molecule has 0 saturated heterocycles. The fourth-order valence-electron chi connectivity index (χ4n) is 1.33. The second kappa shape index (κ2) is 5.98. The number of carboxylic acid groups (broad SMARTS) is 1. The number of tetrazole rings is 1. The molecule has 0 radical (unpaired) electrons. The van der Waals surface area contributed by atoms with Gasteiger partial charge in [0.05, 0.1) is 5.02 Å². The molecule has 0 bridgehead atoms. The molecular formula is C10H8ClFN4O2S. The van der Waals surface area contributed by atoms with E-state index in [1.165, 1.54) is 17.8 Å². The Morgan fingerprint density at radius 2 is 2.32 bits per heavy atom. The summed E-state index contributed by atoms with van der Waals surface area (Å²) in [7, 11) is 0. The summed E-state index contributed by atoms with van der Waals surface area (Å²) in [5, 5.41) is 19.7. The first-order valence-corrected chi connectivity index (χ1v) is 6.48. The minimum Gasteiger partial charge on any atom is -0.480 e. The Labute approximate surface area is 116 Å². The third kappa shape index (κ3) is 3.42. The van der Waals surface area contributed by atoms with Gasteiger partial charge in [-0.3, -0.25) is 4.79 Å². The summed E-state index contributed by atoms with van der Waals surface area (Å²) in [6.07, 6.45) is 0. The molecule has 1 aromatic carbocycles. The summed E-state index contributed by atoms with van der Waals surface area (Å²) in [4.78, 5) is 10.6. The number of rotatable bonds is 5. The fraction of sp³-hybridized carbons (Fsp3) is 0.200. The van der Waals surface area contributed by atoms with Crippen molar-refractivity contribution in [3.05, 3.63) is 34.6 Å². The zero-order valence-electron chi connectivity index (χ0n) is 9.45. The molecular weight excluding hydrogens is 295 g/mol. The van der Waals surface area contributed by atoms with E-state index in [0.717, 1.165) is 4.68 Å². The van der Waals surface area contributed by atoms with Gasteiger partial charge in [-0.25, -0.2) is 9.07 Å². The molecule has 1 N–H and O–H groups in total. The largest absolute Gasteiger partial charge is 0.480 e. The molecule has 1 aromatic heterocycles. The lowest BCUT2D eigenvalue weighted by Gasteiger charge is -2.04. The van der Waals surface area contributed by atoms with Crippen LogP contribution in [0.15, 0.2) is 23.4 Å². The number of nitrogens with zero attached hydrogens (tertiary/aromatic N) is 4. The molecule has 6 nitrogen and oxygen atoms in total. The number of thioether (sulfide) groups is 1. The number of aromatic nitrogens is 4. The molecule has 100 valence electrons. The zero-order valence-corrected chi connectivity index (χ0v) is 11.0. The molecule has 2 aromatic rings. The van der Waals surface area contributed by atoms with Crippen LogP contribution in [0.4, 0.5) is 4.39 Å². The van der Waals surface area contributed by atoms with Crippen LogP contribution in [0.2, 0.25) is 5.02 Å². The third-order valence-electron chi connectivity index (χ3n) is 2.17. The van der Waals surface area contributed by atoms with Crippen LogP contribution in [0.25, 0.3) is 0 Å². The molecule has 0 fully saturated rings. The number of hydrogen-bond donors (Lipinski definition) is 1. The van der Waals surface area contributed by atoms with E-state index < -0.39 is 11.8 Å². The number of carbonyl (C=O) groups is 1. The van der Waals surface area contributed by atoms with Gasteiger partial charge in [-0.05, 0) is 22.1 Å². The van der Waals surface area contributed by atoms with E-state index in [0.29, 0.717) is 16.5 Å². The van der Waals surface area contributed by atoms with E-state index in [1.54, 1.807) is 12.1 Å². The average Bonchev–Trinajstić information content (AvgIpc) is 2.78. The minimum atomic E-state index is -1.04. The lowest BCUT2D eigenvalue weighted by Crippen LogP contribution is -2.11. The molecule has 0 saturated carbocycles. The Balaban J connectivity index is 2.08. The SMILES string of the molecule is O=C(O)Cn1nnnc1SCc1cccc(F)c1Cl. The van der Waals surface area contributed by atoms with Crippen molar-refractivity contribution in [1.29, 1.82) is 0 Å². The molecule has 0 spiro atoms. The van der Waals surface area contributed by atoms with E-state index in [9.17, 15) is 9.18 Å². The number of benzene rings is 1. The first-order valence-electron chi connectivity index (χ1n) is 5.11. The van der Waals surface area contributed by atoms with Gasteiger partial charge in [0.25, 0.3) is 0 Å². The van der Waals surface area contributed by atoms with Gasteiger partial charge in [0.2, 0.25) is 5.16 Å². The number of carboxylic acids is 1. The van der Waals surface area contributed by atoms with E-state index in [2.05, 4.69) is 15.5 Å². The summed E-state index contributed by atoms with van der Waals surface area (Å²) in [5.74, 6) is -1.20. The molecule has 0 atom stereocenters. The monoisotopic (exact) mass is 302 g/mol. The van der Waals surface area contributed by atoms with Crippen LogP contribution in [-0.4, -0.2) is 31.3 Å². The van der Waals surface area contributed by atoms with Crippen molar-refractivity contribution in [2.75, 3.05) is 0 Å². The van der Waals surface area contributed by atoms with Crippen LogP contribution in [0.5, 0.6) is 0 Å². The van der Waals surface area contributed by atoms with Gasteiger partial charge in [-0.1, -0.05) is 35.5 Å². The summed E-state index contributed by atoms with van der Waals surface area (Å²) < 4.78 is 14.4. The van der Waals surface area contributed by atoms with Crippen LogP contribution in [0.1, 0.15) is 5.56 Å². The third-order valence-corrected chi connectivity index (χ3v) is 3.60. The summed E-state index contributed by atoms with van der Waals surface area (Å²) in [6, 6.07) is 4.51. The Kier molecular flexibility index (Phi) is 4.33. The standard InChI is InChI=1S/C10H8ClFN4O2S/c11-9-6(2-1-3-7(9)12)5-19-10-13-14-15-16(10)4-8(17)18/h1-3H,4-5H2,(H,17,18). The highest BCUT2D eigenvalue weighted by Gasteiger charge is 2.12. The van der Waals surface area contributed by atoms with E-state index in [-0.39, 0.29) is 11.6 Å². The van der Waals surface area contributed by atoms with Crippen molar-refractivity contribution in [2.24, 2.45) is 0 Å². The molecule has 0 amide bonds. The molecule has 19 heavy (non-hydrogen) atoms. The van der Waals surface area contributed by atoms with Gasteiger partial charge in [0.15, 0.2) is 0 Å². The van der Waals surface area contributed by atoms with Crippen molar-refractivity contribution in [1.82, 2.24) is 20.2 Å². The molecule has 0 aliphatic heterocycles. The average molecular weight is 303 g/mol. The van der Waals surface area contributed by atoms with Gasteiger partial charge in [-0.15, -0.1) is 5.10 Å². The molecule has 0 aliphatic carbocycles. The van der Waals surface area contributed by atoms with Gasteiger partial charge in [0.1, 0.15) is 12.4 Å². The Bertz CT molecular complexity index is 607. The second-order valence-electron chi connectivity index (χ2n) is 3.51. The van der Waals surface area contributed by atoms with E-state index in [4.69, 9.17) is 16.7 Å². The molecule has 0 aliphatic rings.